The average molecular weight is 284 g/mol. The van der Waals surface area contributed by atoms with Crippen LogP contribution in [0.2, 0.25) is 0 Å². The third-order valence-electron chi connectivity index (χ3n) is 4.54. The standard InChI is InChI=1S/C14H24N2O2S/c17-14(12-2-8-18-10-12)16-5-1-4-15(6-7-16)13-3-9-19-11-13/h12-13H,1-11H2. The molecule has 0 aromatic rings. The molecule has 1 amide bonds. The largest absolute Gasteiger partial charge is 0.381 e. The molecule has 3 rings (SSSR count). The van der Waals surface area contributed by atoms with Crippen LogP contribution in [0.4, 0.5) is 0 Å². The van der Waals surface area contributed by atoms with Gasteiger partial charge in [0.25, 0.3) is 0 Å². The van der Waals surface area contributed by atoms with Crippen LogP contribution in [0.3, 0.4) is 0 Å². The lowest BCUT2D eigenvalue weighted by Crippen LogP contribution is -2.41. The number of ether oxygens (including phenoxy) is 1. The first-order valence-electron chi connectivity index (χ1n) is 7.53. The van der Waals surface area contributed by atoms with E-state index < -0.39 is 0 Å². The minimum Gasteiger partial charge on any atom is -0.381 e. The molecular formula is C14H24N2O2S. The Morgan fingerprint density at radius 3 is 2.84 bits per heavy atom. The zero-order valence-electron chi connectivity index (χ0n) is 11.6. The Kier molecular flexibility index (Phi) is 4.66. The summed E-state index contributed by atoms with van der Waals surface area (Å²) in [6.45, 7) is 5.47. The van der Waals surface area contributed by atoms with Gasteiger partial charge in [-0.15, -0.1) is 0 Å². The number of hydrogen-bond donors (Lipinski definition) is 0. The summed E-state index contributed by atoms with van der Waals surface area (Å²) in [5.41, 5.74) is 0. The number of thioether (sulfide) groups is 1. The number of rotatable bonds is 2. The molecule has 2 unspecified atom stereocenters. The monoisotopic (exact) mass is 284 g/mol. The Morgan fingerprint density at radius 2 is 2.11 bits per heavy atom. The van der Waals surface area contributed by atoms with E-state index in [0.717, 1.165) is 51.7 Å². The minimum atomic E-state index is 0.133. The maximum atomic E-state index is 12.4. The summed E-state index contributed by atoms with van der Waals surface area (Å²) in [6, 6.07) is 0.759. The van der Waals surface area contributed by atoms with Crippen LogP contribution in [-0.2, 0) is 9.53 Å². The van der Waals surface area contributed by atoms with Crippen molar-refractivity contribution in [2.24, 2.45) is 5.92 Å². The molecule has 3 aliphatic rings. The van der Waals surface area contributed by atoms with Gasteiger partial charge in [0.15, 0.2) is 0 Å². The van der Waals surface area contributed by atoms with Gasteiger partial charge in [-0.05, 0) is 25.0 Å². The van der Waals surface area contributed by atoms with Crippen molar-refractivity contribution in [3.05, 3.63) is 0 Å². The molecule has 3 fully saturated rings. The van der Waals surface area contributed by atoms with E-state index in [0.29, 0.717) is 12.5 Å². The van der Waals surface area contributed by atoms with Crippen LogP contribution in [0, 0.1) is 5.92 Å². The van der Waals surface area contributed by atoms with Gasteiger partial charge in [-0.25, -0.2) is 0 Å². The van der Waals surface area contributed by atoms with Crippen LogP contribution in [0.1, 0.15) is 19.3 Å². The summed E-state index contributed by atoms with van der Waals surface area (Å²) in [6.07, 6.45) is 3.37. The van der Waals surface area contributed by atoms with Crippen molar-refractivity contribution in [3.8, 4) is 0 Å². The van der Waals surface area contributed by atoms with E-state index in [-0.39, 0.29) is 5.92 Å². The van der Waals surface area contributed by atoms with Gasteiger partial charge in [-0.1, -0.05) is 0 Å². The Hall–Kier alpha value is -0.260. The highest BCUT2D eigenvalue weighted by molar-refractivity contribution is 7.99. The first-order chi connectivity index (χ1) is 9.34. The van der Waals surface area contributed by atoms with Gasteiger partial charge >= 0.3 is 0 Å². The summed E-state index contributed by atoms with van der Waals surface area (Å²) in [5.74, 6) is 3.06. The molecule has 0 spiro atoms. The Labute approximate surface area is 119 Å². The molecule has 0 N–H and O–H groups in total. The van der Waals surface area contributed by atoms with Crippen LogP contribution in [0.25, 0.3) is 0 Å². The highest BCUT2D eigenvalue weighted by atomic mass is 32.2. The van der Waals surface area contributed by atoms with Crippen molar-refractivity contribution in [3.63, 3.8) is 0 Å². The second-order valence-corrected chi connectivity index (χ2v) is 6.94. The fourth-order valence-electron chi connectivity index (χ4n) is 3.32. The van der Waals surface area contributed by atoms with E-state index in [1.807, 2.05) is 0 Å². The van der Waals surface area contributed by atoms with Gasteiger partial charge in [0, 0.05) is 44.6 Å². The van der Waals surface area contributed by atoms with Crippen molar-refractivity contribution in [2.75, 3.05) is 50.9 Å². The van der Waals surface area contributed by atoms with E-state index in [4.69, 9.17) is 4.74 Å². The molecule has 4 nitrogen and oxygen atoms in total. The highest BCUT2D eigenvalue weighted by Crippen LogP contribution is 2.24. The van der Waals surface area contributed by atoms with Gasteiger partial charge in [0.05, 0.1) is 12.5 Å². The second-order valence-electron chi connectivity index (χ2n) is 5.79. The smallest absolute Gasteiger partial charge is 0.228 e. The van der Waals surface area contributed by atoms with Crippen LogP contribution < -0.4 is 0 Å². The van der Waals surface area contributed by atoms with E-state index in [9.17, 15) is 4.79 Å². The van der Waals surface area contributed by atoms with Crippen molar-refractivity contribution in [1.29, 1.82) is 0 Å². The molecule has 3 aliphatic heterocycles. The number of carbonyl (C=O) groups is 1. The van der Waals surface area contributed by atoms with E-state index in [1.165, 1.54) is 17.9 Å². The van der Waals surface area contributed by atoms with Crippen LogP contribution in [0.5, 0.6) is 0 Å². The molecule has 3 heterocycles. The van der Waals surface area contributed by atoms with Gasteiger partial charge < -0.3 is 9.64 Å². The predicted molar refractivity (Wildman–Crippen MR) is 77.4 cm³/mol. The SMILES string of the molecule is O=C(C1CCOC1)N1CCCN(C2CCSC2)CC1. The normalized spacial score (nSPS) is 33.6. The summed E-state index contributed by atoms with van der Waals surface area (Å²) in [4.78, 5) is 17.1. The number of amides is 1. The Morgan fingerprint density at radius 1 is 1.16 bits per heavy atom. The lowest BCUT2D eigenvalue weighted by atomic mass is 10.1. The van der Waals surface area contributed by atoms with E-state index >= 15 is 0 Å². The maximum Gasteiger partial charge on any atom is 0.228 e. The van der Waals surface area contributed by atoms with Crippen LogP contribution in [0.15, 0.2) is 0 Å². The van der Waals surface area contributed by atoms with Gasteiger partial charge in [0.1, 0.15) is 0 Å². The van der Waals surface area contributed by atoms with Gasteiger partial charge in [-0.3, -0.25) is 9.69 Å². The zero-order valence-corrected chi connectivity index (χ0v) is 12.4. The molecule has 0 aromatic heterocycles. The second kappa shape index (κ2) is 6.46. The lowest BCUT2D eigenvalue weighted by Gasteiger charge is -2.27. The molecule has 2 atom stereocenters. The van der Waals surface area contributed by atoms with Crippen molar-refractivity contribution < 1.29 is 9.53 Å². The Bertz CT molecular complexity index is 315. The summed E-state index contributed by atoms with van der Waals surface area (Å²) in [5, 5.41) is 0. The molecule has 0 aromatic carbocycles. The molecule has 108 valence electrons. The fourth-order valence-corrected chi connectivity index (χ4v) is 4.58. The zero-order chi connectivity index (χ0) is 13.1. The first kappa shape index (κ1) is 13.7. The number of nitrogens with zero attached hydrogens (tertiary/aromatic N) is 2. The van der Waals surface area contributed by atoms with E-state index in [1.54, 1.807) is 0 Å². The third-order valence-corrected chi connectivity index (χ3v) is 5.69. The third kappa shape index (κ3) is 3.26. The summed E-state index contributed by atoms with van der Waals surface area (Å²) in [7, 11) is 0. The Balaban J connectivity index is 1.53. The summed E-state index contributed by atoms with van der Waals surface area (Å²) >= 11 is 2.07. The van der Waals surface area contributed by atoms with E-state index in [2.05, 4.69) is 21.6 Å². The predicted octanol–water partition coefficient (Wildman–Crippen LogP) is 1.06. The summed E-state index contributed by atoms with van der Waals surface area (Å²) < 4.78 is 5.34. The quantitative estimate of drug-likeness (QED) is 0.759. The van der Waals surface area contributed by atoms with Crippen molar-refractivity contribution in [1.82, 2.24) is 9.80 Å². The number of hydrogen-bond acceptors (Lipinski definition) is 4. The fraction of sp³-hybridized carbons (Fsp3) is 0.929. The van der Waals surface area contributed by atoms with Gasteiger partial charge in [0.2, 0.25) is 5.91 Å². The van der Waals surface area contributed by atoms with Crippen LogP contribution >= 0.6 is 11.8 Å². The molecule has 0 radical (unpaired) electrons. The van der Waals surface area contributed by atoms with Gasteiger partial charge in [-0.2, -0.15) is 11.8 Å². The minimum absolute atomic E-state index is 0.133. The molecule has 5 heteroatoms. The lowest BCUT2D eigenvalue weighted by molar-refractivity contribution is -0.135. The molecule has 0 aliphatic carbocycles. The molecule has 0 saturated carbocycles. The highest BCUT2D eigenvalue weighted by Gasteiger charge is 2.30. The van der Waals surface area contributed by atoms with Crippen molar-refractivity contribution in [2.45, 2.75) is 25.3 Å². The molecule has 0 bridgehead atoms. The molecule has 3 saturated heterocycles. The maximum absolute atomic E-state index is 12.4. The first-order valence-corrected chi connectivity index (χ1v) is 8.68. The molecular weight excluding hydrogens is 260 g/mol. The molecule has 19 heavy (non-hydrogen) atoms. The van der Waals surface area contributed by atoms with Crippen molar-refractivity contribution >= 4 is 17.7 Å². The van der Waals surface area contributed by atoms with Crippen LogP contribution in [-0.4, -0.2) is 72.6 Å². The number of carbonyl (C=O) groups excluding carboxylic acids is 1. The average Bonchev–Trinajstić information content (AvgIpc) is 3.08. The topological polar surface area (TPSA) is 32.8 Å².